The van der Waals surface area contributed by atoms with Crippen molar-refractivity contribution in [3.8, 4) is 11.5 Å². The van der Waals surface area contributed by atoms with E-state index in [-0.39, 0.29) is 16.9 Å². The minimum Gasteiger partial charge on any atom is -0.497 e. The zero-order valence-electron chi connectivity index (χ0n) is 13.0. The summed E-state index contributed by atoms with van der Waals surface area (Å²) in [6, 6.07) is 6.80. The molecule has 0 bridgehead atoms. The van der Waals surface area contributed by atoms with Gasteiger partial charge < -0.3 is 19.9 Å². The Labute approximate surface area is 142 Å². The molecular formula is C14H16ClN5O4. The molecule has 0 saturated carbocycles. The van der Waals surface area contributed by atoms with E-state index in [2.05, 4.69) is 20.7 Å². The lowest BCUT2D eigenvalue weighted by Crippen LogP contribution is -2.28. The van der Waals surface area contributed by atoms with Gasteiger partial charge in [-0.1, -0.05) is 11.6 Å². The smallest absolute Gasteiger partial charge is 0.423 e. The topological polar surface area (TPSA) is 118 Å². The molecule has 4 N–H and O–H groups in total. The zero-order chi connectivity index (χ0) is 17.5. The molecule has 9 nitrogen and oxygen atoms in total. The maximum atomic E-state index is 10.5. The predicted octanol–water partition coefficient (Wildman–Crippen LogP) is 2.35. The minimum atomic E-state index is -1.25. The monoisotopic (exact) mass is 353 g/mol. The number of ether oxygens (including phenoxy) is 2. The van der Waals surface area contributed by atoms with E-state index in [4.69, 9.17) is 26.2 Å². The number of aromatic nitrogens is 2. The van der Waals surface area contributed by atoms with Gasteiger partial charge in [0.1, 0.15) is 16.7 Å². The number of nitrogens with zero attached hydrogens (tertiary/aromatic N) is 2. The van der Waals surface area contributed by atoms with Crippen LogP contribution in [0.2, 0.25) is 5.15 Å². The van der Waals surface area contributed by atoms with Crippen LogP contribution in [0.1, 0.15) is 5.56 Å². The second-order valence-corrected chi connectivity index (χ2v) is 4.87. The van der Waals surface area contributed by atoms with Gasteiger partial charge in [-0.05, 0) is 12.1 Å². The Bertz CT molecular complexity index is 728. The third-order valence-corrected chi connectivity index (χ3v) is 3.12. The Balaban J connectivity index is 2.10. The molecule has 24 heavy (non-hydrogen) atoms. The lowest BCUT2D eigenvalue weighted by Gasteiger charge is -2.12. The third kappa shape index (κ3) is 4.78. The number of methoxy groups -OCH3 is 2. The van der Waals surface area contributed by atoms with Crippen LogP contribution < -0.4 is 25.6 Å². The summed E-state index contributed by atoms with van der Waals surface area (Å²) in [4.78, 5) is 18.6. The Morgan fingerprint density at radius 1 is 1.25 bits per heavy atom. The van der Waals surface area contributed by atoms with Crippen molar-refractivity contribution in [2.45, 2.75) is 6.54 Å². The fraction of sp³-hybridized carbons (Fsp3) is 0.214. The number of amides is 1. The Kier molecular flexibility index (Phi) is 5.85. The SMILES string of the molecule is COc1ccc(CNc2nc(Cl)cc(NNC(=O)O)n2)c(OC)c1. The quantitative estimate of drug-likeness (QED) is 0.442. The van der Waals surface area contributed by atoms with Gasteiger partial charge in [-0.2, -0.15) is 4.98 Å². The number of carbonyl (C=O) groups is 1. The van der Waals surface area contributed by atoms with Crippen LogP contribution in [0.3, 0.4) is 0 Å². The Morgan fingerprint density at radius 2 is 2.04 bits per heavy atom. The summed E-state index contributed by atoms with van der Waals surface area (Å²) < 4.78 is 10.5. The van der Waals surface area contributed by atoms with E-state index in [9.17, 15) is 4.79 Å². The molecule has 0 aliphatic heterocycles. The standard InChI is InChI=1S/C14H16ClN5O4/c1-23-9-4-3-8(10(5-9)24-2)7-16-13-17-11(15)6-12(18-13)19-20-14(21)22/h3-6,20H,7H2,1-2H3,(H,21,22)(H2,16,17,18,19). The highest BCUT2D eigenvalue weighted by atomic mass is 35.5. The zero-order valence-corrected chi connectivity index (χ0v) is 13.7. The number of nitrogens with one attached hydrogen (secondary N) is 3. The van der Waals surface area contributed by atoms with E-state index in [1.807, 2.05) is 17.6 Å². The van der Waals surface area contributed by atoms with E-state index in [0.29, 0.717) is 18.0 Å². The molecule has 128 valence electrons. The first-order valence-corrected chi connectivity index (χ1v) is 7.14. The van der Waals surface area contributed by atoms with Gasteiger partial charge in [0.15, 0.2) is 5.82 Å². The molecule has 0 aliphatic rings. The molecule has 1 heterocycles. The van der Waals surface area contributed by atoms with E-state index < -0.39 is 6.09 Å². The second-order valence-electron chi connectivity index (χ2n) is 4.49. The van der Waals surface area contributed by atoms with E-state index in [0.717, 1.165) is 5.56 Å². The average Bonchev–Trinajstić information content (AvgIpc) is 2.57. The van der Waals surface area contributed by atoms with Crippen molar-refractivity contribution in [3.05, 3.63) is 35.0 Å². The summed E-state index contributed by atoms with van der Waals surface area (Å²) in [5, 5.41) is 11.7. The van der Waals surface area contributed by atoms with Crippen molar-refractivity contribution in [3.63, 3.8) is 0 Å². The third-order valence-electron chi connectivity index (χ3n) is 2.92. The summed E-state index contributed by atoms with van der Waals surface area (Å²) in [6.45, 7) is 0.374. The van der Waals surface area contributed by atoms with Crippen LogP contribution in [0.15, 0.2) is 24.3 Å². The molecule has 1 aromatic carbocycles. The van der Waals surface area contributed by atoms with E-state index in [1.54, 1.807) is 20.3 Å². The minimum absolute atomic E-state index is 0.156. The molecule has 10 heteroatoms. The summed E-state index contributed by atoms with van der Waals surface area (Å²) in [5.74, 6) is 1.77. The summed E-state index contributed by atoms with van der Waals surface area (Å²) in [6.07, 6.45) is -1.25. The van der Waals surface area contributed by atoms with E-state index >= 15 is 0 Å². The van der Waals surface area contributed by atoms with Gasteiger partial charge in [0, 0.05) is 24.2 Å². The highest BCUT2D eigenvalue weighted by Gasteiger charge is 2.08. The summed E-state index contributed by atoms with van der Waals surface area (Å²) in [5.41, 5.74) is 5.23. The molecule has 0 radical (unpaired) electrons. The van der Waals surface area contributed by atoms with Crippen LogP contribution in [-0.2, 0) is 6.54 Å². The van der Waals surface area contributed by atoms with Gasteiger partial charge in [-0.3, -0.25) is 5.43 Å². The fourth-order valence-corrected chi connectivity index (χ4v) is 2.03. The first-order chi connectivity index (χ1) is 11.5. The Morgan fingerprint density at radius 3 is 2.71 bits per heavy atom. The highest BCUT2D eigenvalue weighted by molar-refractivity contribution is 6.29. The lowest BCUT2D eigenvalue weighted by atomic mass is 10.2. The van der Waals surface area contributed by atoms with Crippen LogP contribution in [0.4, 0.5) is 16.6 Å². The number of hydrogen-bond donors (Lipinski definition) is 4. The summed E-state index contributed by atoms with van der Waals surface area (Å²) in [7, 11) is 3.14. The van der Waals surface area contributed by atoms with Gasteiger partial charge in [-0.25, -0.2) is 15.2 Å². The lowest BCUT2D eigenvalue weighted by molar-refractivity contribution is 0.197. The number of hydrazine groups is 1. The molecule has 0 aliphatic carbocycles. The van der Waals surface area contributed by atoms with Crippen molar-refractivity contribution < 1.29 is 19.4 Å². The van der Waals surface area contributed by atoms with Crippen LogP contribution in [0, 0.1) is 0 Å². The first kappa shape index (κ1) is 17.4. The van der Waals surface area contributed by atoms with Crippen molar-refractivity contribution in [2.24, 2.45) is 0 Å². The highest BCUT2D eigenvalue weighted by Crippen LogP contribution is 2.25. The molecule has 0 unspecified atom stereocenters. The first-order valence-electron chi connectivity index (χ1n) is 6.76. The number of benzene rings is 1. The van der Waals surface area contributed by atoms with Crippen LogP contribution in [0.25, 0.3) is 0 Å². The fourth-order valence-electron chi connectivity index (χ4n) is 1.85. The molecule has 1 aromatic heterocycles. The molecule has 1 amide bonds. The maximum Gasteiger partial charge on any atom is 0.423 e. The average molecular weight is 354 g/mol. The van der Waals surface area contributed by atoms with Gasteiger partial charge in [-0.15, -0.1) is 0 Å². The number of halogens is 1. The van der Waals surface area contributed by atoms with Gasteiger partial charge >= 0.3 is 6.09 Å². The van der Waals surface area contributed by atoms with Gasteiger partial charge in [0.2, 0.25) is 5.95 Å². The molecular weight excluding hydrogens is 338 g/mol. The molecule has 2 aromatic rings. The van der Waals surface area contributed by atoms with Crippen LogP contribution in [-0.4, -0.2) is 35.4 Å². The maximum absolute atomic E-state index is 10.5. The number of carboxylic acid groups (broad SMARTS) is 1. The van der Waals surface area contributed by atoms with Crippen LogP contribution >= 0.6 is 11.6 Å². The molecule has 2 rings (SSSR count). The van der Waals surface area contributed by atoms with E-state index in [1.165, 1.54) is 6.07 Å². The number of rotatable bonds is 7. The molecule has 0 spiro atoms. The largest absolute Gasteiger partial charge is 0.497 e. The second kappa shape index (κ2) is 8.06. The van der Waals surface area contributed by atoms with Crippen molar-refractivity contribution in [1.82, 2.24) is 15.4 Å². The summed E-state index contributed by atoms with van der Waals surface area (Å²) >= 11 is 5.90. The van der Waals surface area contributed by atoms with Gasteiger partial charge in [0.25, 0.3) is 0 Å². The molecule has 0 saturated heterocycles. The van der Waals surface area contributed by atoms with Crippen molar-refractivity contribution >= 4 is 29.5 Å². The van der Waals surface area contributed by atoms with Crippen molar-refractivity contribution in [1.29, 1.82) is 0 Å². The van der Waals surface area contributed by atoms with Gasteiger partial charge in [0.05, 0.1) is 14.2 Å². The van der Waals surface area contributed by atoms with Crippen molar-refractivity contribution in [2.75, 3.05) is 25.0 Å². The predicted molar refractivity (Wildman–Crippen MR) is 88.7 cm³/mol. The number of anilines is 2. The normalized spacial score (nSPS) is 9.96. The molecule has 0 fully saturated rings. The molecule has 0 atom stereocenters. The Hall–Kier alpha value is -2.94. The van der Waals surface area contributed by atoms with Crippen LogP contribution in [0.5, 0.6) is 11.5 Å². The number of hydrogen-bond acceptors (Lipinski definition) is 7.